The third kappa shape index (κ3) is 4.12. The summed E-state index contributed by atoms with van der Waals surface area (Å²) in [4.78, 5) is 0. The van der Waals surface area contributed by atoms with Crippen LogP contribution in [0.4, 0.5) is 0 Å². The van der Waals surface area contributed by atoms with Gasteiger partial charge in [0.1, 0.15) is 0 Å². The van der Waals surface area contributed by atoms with Crippen LogP contribution in [0.3, 0.4) is 0 Å². The minimum Gasteiger partial charge on any atom is -0.0625 e. The van der Waals surface area contributed by atoms with Crippen LogP contribution >= 0.6 is 0 Å². The predicted octanol–water partition coefficient (Wildman–Crippen LogP) is 9.17. The normalized spacial score (nSPS) is 27.3. The lowest BCUT2D eigenvalue weighted by Crippen LogP contribution is -2.15. The molecule has 0 spiro atoms. The first-order valence-electron chi connectivity index (χ1n) is 12.6. The summed E-state index contributed by atoms with van der Waals surface area (Å²) in [6, 6.07) is 9.67. The van der Waals surface area contributed by atoms with Gasteiger partial charge in [-0.15, -0.1) is 0 Å². The first kappa shape index (κ1) is 21.7. The monoisotopic (exact) mass is 402 g/mol. The third-order valence-corrected chi connectivity index (χ3v) is 8.79. The Morgan fingerprint density at radius 2 is 0.967 bits per heavy atom. The SMILES string of the molecule is Cc1c(C)c(C2CCC(C)CC2)c(C)c(C)c1-c1ccc(C2CCC(C)CC2)cc1. The van der Waals surface area contributed by atoms with Crippen molar-refractivity contribution in [2.24, 2.45) is 11.8 Å². The number of benzene rings is 2. The van der Waals surface area contributed by atoms with E-state index in [0.29, 0.717) is 0 Å². The van der Waals surface area contributed by atoms with E-state index in [1.54, 1.807) is 22.3 Å². The van der Waals surface area contributed by atoms with Crippen molar-refractivity contribution in [2.45, 2.75) is 105 Å². The smallest absolute Gasteiger partial charge is 0.0120 e. The van der Waals surface area contributed by atoms with Crippen molar-refractivity contribution in [1.82, 2.24) is 0 Å². The second-order valence-corrected chi connectivity index (χ2v) is 10.8. The highest BCUT2D eigenvalue weighted by molar-refractivity contribution is 5.75. The Morgan fingerprint density at radius 1 is 0.533 bits per heavy atom. The molecule has 0 heteroatoms. The lowest BCUT2D eigenvalue weighted by atomic mass is 9.74. The van der Waals surface area contributed by atoms with E-state index in [1.807, 2.05) is 0 Å². The minimum absolute atomic E-state index is 0.767. The molecule has 0 bridgehead atoms. The first-order valence-corrected chi connectivity index (χ1v) is 12.6. The summed E-state index contributed by atoms with van der Waals surface area (Å²) in [5, 5.41) is 0. The highest BCUT2D eigenvalue weighted by Crippen LogP contribution is 2.43. The fourth-order valence-electron chi connectivity index (χ4n) is 6.45. The van der Waals surface area contributed by atoms with Crippen molar-refractivity contribution in [3.8, 4) is 11.1 Å². The van der Waals surface area contributed by atoms with E-state index in [4.69, 9.17) is 0 Å². The standard InChI is InChI=1S/C30H42/c1-19-7-11-25(12-8-19)26-15-17-28(18-16-26)30-23(5)21(3)29(22(4)24(30)6)27-13-9-20(2)10-14-27/h15-20,25,27H,7-14H2,1-6H3. The molecule has 2 aromatic rings. The van der Waals surface area contributed by atoms with E-state index in [0.717, 1.165) is 23.7 Å². The van der Waals surface area contributed by atoms with Gasteiger partial charge in [-0.2, -0.15) is 0 Å². The van der Waals surface area contributed by atoms with Gasteiger partial charge in [0.05, 0.1) is 0 Å². The van der Waals surface area contributed by atoms with Crippen LogP contribution < -0.4 is 0 Å². The summed E-state index contributed by atoms with van der Waals surface area (Å²) < 4.78 is 0. The maximum atomic E-state index is 2.43. The lowest BCUT2D eigenvalue weighted by molar-refractivity contribution is 0.346. The van der Waals surface area contributed by atoms with Crippen LogP contribution in [0.25, 0.3) is 11.1 Å². The quantitative estimate of drug-likeness (QED) is 0.480. The van der Waals surface area contributed by atoms with E-state index in [-0.39, 0.29) is 0 Å². The fourth-order valence-corrected chi connectivity index (χ4v) is 6.45. The van der Waals surface area contributed by atoms with Crippen molar-refractivity contribution in [3.05, 3.63) is 57.6 Å². The van der Waals surface area contributed by atoms with Gasteiger partial charge in [-0.25, -0.2) is 0 Å². The molecule has 2 saturated carbocycles. The molecule has 0 nitrogen and oxygen atoms in total. The Hall–Kier alpha value is -1.56. The molecule has 0 atom stereocenters. The van der Waals surface area contributed by atoms with Crippen LogP contribution in [-0.2, 0) is 0 Å². The van der Waals surface area contributed by atoms with E-state index in [1.165, 1.54) is 73.6 Å². The average molecular weight is 403 g/mol. The van der Waals surface area contributed by atoms with E-state index >= 15 is 0 Å². The van der Waals surface area contributed by atoms with Crippen LogP contribution in [0, 0.1) is 39.5 Å². The molecule has 2 fully saturated rings. The molecule has 2 aliphatic rings. The Bertz CT molecular complexity index is 840. The number of hydrogen-bond acceptors (Lipinski definition) is 0. The van der Waals surface area contributed by atoms with Crippen molar-refractivity contribution in [1.29, 1.82) is 0 Å². The Balaban J connectivity index is 1.64. The molecule has 2 aromatic carbocycles. The van der Waals surface area contributed by atoms with Crippen LogP contribution in [-0.4, -0.2) is 0 Å². The van der Waals surface area contributed by atoms with Crippen molar-refractivity contribution < 1.29 is 0 Å². The summed E-state index contributed by atoms with van der Waals surface area (Å²) in [6.07, 6.45) is 11.0. The molecule has 30 heavy (non-hydrogen) atoms. The first-order chi connectivity index (χ1) is 14.4. The van der Waals surface area contributed by atoms with Crippen LogP contribution in [0.5, 0.6) is 0 Å². The van der Waals surface area contributed by atoms with Crippen molar-refractivity contribution in [2.75, 3.05) is 0 Å². The second kappa shape index (κ2) is 8.89. The summed E-state index contributed by atoms with van der Waals surface area (Å²) >= 11 is 0. The minimum atomic E-state index is 0.767. The van der Waals surface area contributed by atoms with Crippen LogP contribution in [0.2, 0.25) is 0 Å². The topological polar surface area (TPSA) is 0 Å². The van der Waals surface area contributed by atoms with Crippen molar-refractivity contribution >= 4 is 0 Å². The van der Waals surface area contributed by atoms with Crippen LogP contribution in [0.1, 0.15) is 110 Å². The van der Waals surface area contributed by atoms with E-state index in [9.17, 15) is 0 Å². The zero-order valence-corrected chi connectivity index (χ0v) is 20.3. The van der Waals surface area contributed by atoms with E-state index in [2.05, 4.69) is 65.8 Å². The molecule has 0 amide bonds. The van der Waals surface area contributed by atoms with Gasteiger partial charge >= 0.3 is 0 Å². The van der Waals surface area contributed by atoms with Gasteiger partial charge in [0.25, 0.3) is 0 Å². The Kier molecular flexibility index (Phi) is 6.42. The number of hydrogen-bond donors (Lipinski definition) is 0. The van der Waals surface area contributed by atoms with Gasteiger partial charge < -0.3 is 0 Å². The third-order valence-electron chi connectivity index (χ3n) is 8.79. The molecule has 4 rings (SSSR count). The molecule has 0 N–H and O–H groups in total. The van der Waals surface area contributed by atoms with Gasteiger partial charge in [-0.05, 0) is 122 Å². The maximum Gasteiger partial charge on any atom is -0.0120 e. The molecule has 0 saturated heterocycles. The predicted molar refractivity (Wildman–Crippen MR) is 132 cm³/mol. The lowest BCUT2D eigenvalue weighted by Gasteiger charge is -2.31. The van der Waals surface area contributed by atoms with Gasteiger partial charge in [0.15, 0.2) is 0 Å². The molecule has 0 heterocycles. The molecule has 162 valence electrons. The molecule has 0 aromatic heterocycles. The molecule has 0 unspecified atom stereocenters. The van der Waals surface area contributed by atoms with E-state index < -0.39 is 0 Å². The summed E-state index contributed by atoms with van der Waals surface area (Å²) in [6.45, 7) is 14.3. The van der Waals surface area contributed by atoms with Crippen molar-refractivity contribution in [3.63, 3.8) is 0 Å². The van der Waals surface area contributed by atoms with Gasteiger partial charge in [0.2, 0.25) is 0 Å². The zero-order chi connectivity index (χ0) is 21.4. The summed E-state index contributed by atoms with van der Waals surface area (Å²) in [5.74, 6) is 3.37. The van der Waals surface area contributed by atoms with Gasteiger partial charge in [-0.1, -0.05) is 63.8 Å². The Labute approximate surface area is 185 Å². The maximum absolute atomic E-state index is 2.43. The number of rotatable bonds is 3. The average Bonchev–Trinajstić information content (AvgIpc) is 2.75. The highest BCUT2D eigenvalue weighted by Gasteiger charge is 2.26. The fraction of sp³-hybridized carbons (Fsp3) is 0.600. The molecular formula is C30H42. The molecule has 0 radical (unpaired) electrons. The van der Waals surface area contributed by atoms with Gasteiger partial charge in [0, 0.05) is 0 Å². The summed E-state index contributed by atoms with van der Waals surface area (Å²) in [5.41, 5.74) is 12.2. The molecule has 2 aliphatic carbocycles. The molecular weight excluding hydrogens is 360 g/mol. The second-order valence-electron chi connectivity index (χ2n) is 10.8. The summed E-state index contributed by atoms with van der Waals surface area (Å²) in [7, 11) is 0. The Morgan fingerprint density at radius 3 is 1.43 bits per heavy atom. The van der Waals surface area contributed by atoms with Crippen LogP contribution in [0.15, 0.2) is 24.3 Å². The highest BCUT2D eigenvalue weighted by atomic mass is 14.3. The largest absolute Gasteiger partial charge is 0.0625 e. The van der Waals surface area contributed by atoms with Gasteiger partial charge in [-0.3, -0.25) is 0 Å². The zero-order valence-electron chi connectivity index (χ0n) is 20.3. The molecule has 0 aliphatic heterocycles.